The van der Waals surface area contributed by atoms with E-state index in [4.69, 9.17) is 4.74 Å². The Labute approximate surface area is 140 Å². The van der Waals surface area contributed by atoms with E-state index in [2.05, 4.69) is 6.92 Å². The van der Waals surface area contributed by atoms with Crippen LogP contribution in [0.5, 0.6) is 0 Å². The predicted molar refractivity (Wildman–Crippen MR) is 90.0 cm³/mol. The molecule has 23 heavy (non-hydrogen) atoms. The first-order chi connectivity index (χ1) is 11.0. The standard InChI is InChI=1S/C18H22F2O2S/c1-3-22-18(21)15(9-12-10-16(19)17(20)11-12)13-5-7-14(8-6-13)23-4-2/h5-9,12,16-17H,3-4,10-11H2,1-2H3/b15-9-/t12?,16-,17+. The average Bonchev–Trinajstić information content (AvgIpc) is 2.85. The molecule has 0 heterocycles. The summed E-state index contributed by atoms with van der Waals surface area (Å²) in [4.78, 5) is 13.3. The SMILES string of the molecule is CCOC(=O)/C(=C\C1C[C@@H](F)[C@@H](F)C1)c1ccc(SCC)cc1. The molecule has 0 bridgehead atoms. The summed E-state index contributed by atoms with van der Waals surface area (Å²) in [5, 5.41) is 0. The van der Waals surface area contributed by atoms with E-state index in [1.54, 1.807) is 24.8 Å². The molecular weight excluding hydrogens is 318 g/mol. The van der Waals surface area contributed by atoms with E-state index in [-0.39, 0.29) is 25.4 Å². The number of ether oxygens (including phenoxy) is 1. The van der Waals surface area contributed by atoms with E-state index in [0.29, 0.717) is 5.57 Å². The predicted octanol–water partition coefficient (Wildman–Crippen LogP) is 4.83. The Morgan fingerprint density at radius 1 is 1.22 bits per heavy atom. The van der Waals surface area contributed by atoms with Crippen LogP contribution in [0.3, 0.4) is 0 Å². The molecule has 1 fully saturated rings. The minimum absolute atomic E-state index is 0.119. The smallest absolute Gasteiger partial charge is 0.338 e. The van der Waals surface area contributed by atoms with Crippen LogP contribution in [-0.2, 0) is 9.53 Å². The molecule has 3 atom stereocenters. The van der Waals surface area contributed by atoms with Gasteiger partial charge in [0.15, 0.2) is 0 Å². The number of carbonyl (C=O) groups is 1. The number of thioether (sulfide) groups is 1. The summed E-state index contributed by atoms with van der Waals surface area (Å²) in [6.45, 7) is 4.08. The first-order valence-electron chi connectivity index (χ1n) is 7.95. The second-order valence-corrected chi connectivity index (χ2v) is 6.86. The van der Waals surface area contributed by atoms with Crippen molar-refractivity contribution in [3.8, 4) is 0 Å². The lowest BCUT2D eigenvalue weighted by atomic mass is 9.98. The molecule has 1 aliphatic carbocycles. The minimum Gasteiger partial charge on any atom is -0.462 e. The highest BCUT2D eigenvalue weighted by molar-refractivity contribution is 7.99. The van der Waals surface area contributed by atoms with Gasteiger partial charge in [-0.05, 0) is 49.1 Å². The Kier molecular flexibility index (Phi) is 6.63. The molecule has 0 N–H and O–H groups in total. The molecule has 1 saturated carbocycles. The van der Waals surface area contributed by atoms with Crippen LogP contribution in [0, 0.1) is 5.92 Å². The minimum atomic E-state index is -1.44. The third-order valence-corrected chi connectivity index (χ3v) is 4.72. The number of esters is 1. The van der Waals surface area contributed by atoms with E-state index in [0.717, 1.165) is 16.2 Å². The summed E-state index contributed by atoms with van der Waals surface area (Å²) < 4.78 is 31.9. The molecule has 0 radical (unpaired) electrons. The summed E-state index contributed by atoms with van der Waals surface area (Å²) >= 11 is 1.71. The largest absolute Gasteiger partial charge is 0.462 e. The van der Waals surface area contributed by atoms with Gasteiger partial charge in [0.25, 0.3) is 0 Å². The van der Waals surface area contributed by atoms with Crippen molar-refractivity contribution in [1.82, 2.24) is 0 Å². The van der Waals surface area contributed by atoms with Gasteiger partial charge in [0.2, 0.25) is 0 Å². The molecule has 0 amide bonds. The fraction of sp³-hybridized carbons (Fsp3) is 0.500. The Hall–Kier alpha value is -1.36. The molecule has 2 rings (SSSR count). The van der Waals surface area contributed by atoms with Crippen molar-refractivity contribution in [2.24, 2.45) is 5.92 Å². The van der Waals surface area contributed by atoms with Gasteiger partial charge in [0.1, 0.15) is 12.3 Å². The van der Waals surface area contributed by atoms with Crippen LogP contribution in [-0.4, -0.2) is 30.7 Å². The summed E-state index contributed by atoms with van der Waals surface area (Å²) in [7, 11) is 0. The third-order valence-electron chi connectivity index (χ3n) is 3.82. The van der Waals surface area contributed by atoms with Gasteiger partial charge in [-0.15, -0.1) is 11.8 Å². The number of halogens is 2. The quantitative estimate of drug-likeness (QED) is 0.421. The Morgan fingerprint density at radius 2 is 1.83 bits per heavy atom. The number of benzene rings is 1. The topological polar surface area (TPSA) is 26.3 Å². The van der Waals surface area contributed by atoms with Crippen LogP contribution in [0.25, 0.3) is 5.57 Å². The van der Waals surface area contributed by atoms with Crippen molar-refractivity contribution < 1.29 is 18.3 Å². The van der Waals surface area contributed by atoms with E-state index in [1.165, 1.54) is 0 Å². The maximum atomic E-state index is 13.4. The van der Waals surface area contributed by atoms with Gasteiger partial charge >= 0.3 is 5.97 Å². The zero-order chi connectivity index (χ0) is 16.8. The Bertz CT molecular complexity index is 547. The normalized spacial score (nSPS) is 24.7. The molecule has 0 aliphatic heterocycles. The summed E-state index contributed by atoms with van der Waals surface area (Å²) in [6, 6.07) is 7.60. The molecule has 1 aliphatic rings. The van der Waals surface area contributed by atoms with E-state index in [9.17, 15) is 13.6 Å². The molecule has 0 saturated heterocycles. The molecule has 1 aromatic carbocycles. The van der Waals surface area contributed by atoms with Gasteiger partial charge in [-0.1, -0.05) is 25.1 Å². The van der Waals surface area contributed by atoms with Gasteiger partial charge in [0.05, 0.1) is 12.2 Å². The lowest BCUT2D eigenvalue weighted by Gasteiger charge is -2.11. The Morgan fingerprint density at radius 3 is 2.35 bits per heavy atom. The zero-order valence-corrected chi connectivity index (χ0v) is 14.2. The van der Waals surface area contributed by atoms with Crippen molar-refractivity contribution in [2.45, 2.75) is 43.9 Å². The molecule has 0 aromatic heterocycles. The van der Waals surface area contributed by atoms with Gasteiger partial charge in [0, 0.05) is 4.90 Å². The van der Waals surface area contributed by atoms with Crippen LogP contribution in [0.2, 0.25) is 0 Å². The van der Waals surface area contributed by atoms with Crippen molar-refractivity contribution in [2.75, 3.05) is 12.4 Å². The second kappa shape index (κ2) is 8.48. The van der Waals surface area contributed by atoms with Crippen LogP contribution < -0.4 is 0 Å². The Balaban J connectivity index is 2.25. The van der Waals surface area contributed by atoms with Gasteiger partial charge in [-0.3, -0.25) is 0 Å². The van der Waals surface area contributed by atoms with Crippen molar-refractivity contribution >= 4 is 23.3 Å². The molecule has 1 aromatic rings. The number of hydrogen-bond donors (Lipinski definition) is 0. The number of alkyl halides is 2. The first-order valence-corrected chi connectivity index (χ1v) is 8.94. The molecule has 1 unspecified atom stereocenters. The molecule has 126 valence electrons. The van der Waals surface area contributed by atoms with Crippen LogP contribution in [0.15, 0.2) is 35.2 Å². The highest BCUT2D eigenvalue weighted by Crippen LogP contribution is 2.34. The van der Waals surface area contributed by atoms with Crippen molar-refractivity contribution in [1.29, 1.82) is 0 Å². The van der Waals surface area contributed by atoms with Gasteiger partial charge < -0.3 is 4.74 Å². The van der Waals surface area contributed by atoms with Crippen LogP contribution in [0.4, 0.5) is 8.78 Å². The van der Waals surface area contributed by atoms with Crippen molar-refractivity contribution in [3.63, 3.8) is 0 Å². The average molecular weight is 340 g/mol. The zero-order valence-electron chi connectivity index (χ0n) is 13.4. The van der Waals surface area contributed by atoms with Crippen molar-refractivity contribution in [3.05, 3.63) is 35.9 Å². The van der Waals surface area contributed by atoms with Gasteiger partial charge in [-0.2, -0.15) is 0 Å². The molecule has 0 spiro atoms. The van der Waals surface area contributed by atoms with E-state index >= 15 is 0 Å². The second-order valence-electron chi connectivity index (χ2n) is 5.52. The monoisotopic (exact) mass is 340 g/mol. The number of allylic oxidation sites excluding steroid dienone is 1. The first kappa shape index (κ1) is 18.0. The number of rotatable bonds is 6. The van der Waals surface area contributed by atoms with Gasteiger partial charge in [-0.25, -0.2) is 13.6 Å². The maximum Gasteiger partial charge on any atom is 0.338 e. The lowest BCUT2D eigenvalue weighted by molar-refractivity contribution is -0.136. The van der Waals surface area contributed by atoms with Crippen LogP contribution >= 0.6 is 11.8 Å². The highest BCUT2D eigenvalue weighted by Gasteiger charge is 2.34. The highest BCUT2D eigenvalue weighted by atomic mass is 32.2. The lowest BCUT2D eigenvalue weighted by Crippen LogP contribution is -2.08. The maximum absolute atomic E-state index is 13.4. The van der Waals surface area contributed by atoms with E-state index < -0.39 is 18.3 Å². The number of carbonyl (C=O) groups excluding carboxylic acids is 1. The third kappa shape index (κ3) is 4.80. The number of hydrogen-bond acceptors (Lipinski definition) is 3. The van der Waals surface area contributed by atoms with E-state index in [1.807, 2.05) is 24.3 Å². The summed E-state index contributed by atoms with van der Waals surface area (Å²) in [5.74, 6) is 0.253. The molecular formula is C18H22F2O2S. The summed E-state index contributed by atoms with van der Waals surface area (Å²) in [6.07, 6.45) is -0.973. The fourth-order valence-corrected chi connectivity index (χ4v) is 3.39. The fourth-order valence-electron chi connectivity index (χ4n) is 2.73. The summed E-state index contributed by atoms with van der Waals surface area (Å²) in [5.41, 5.74) is 1.12. The van der Waals surface area contributed by atoms with Crippen LogP contribution in [0.1, 0.15) is 32.3 Å². The molecule has 5 heteroatoms. The molecule has 2 nitrogen and oxygen atoms in total.